The van der Waals surface area contributed by atoms with E-state index in [2.05, 4.69) is 32.6 Å². The molecule has 3 heterocycles. The molecule has 25 heavy (non-hydrogen) atoms. The molecule has 1 aliphatic heterocycles. The summed E-state index contributed by atoms with van der Waals surface area (Å²) in [7, 11) is 2.17. The van der Waals surface area contributed by atoms with E-state index >= 15 is 0 Å². The van der Waals surface area contributed by atoms with Gasteiger partial charge in [0.15, 0.2) is 0 Å². The van der Waals surface area contributed by atoms with E-state index in [9.17, 15) is 0 Å². The molecule has 130 valence electrons. The summed E-state index contributed by atoms with van der Waals surface area (Å²) in [4.78, 5) is 2.36. The normalized spacial score (nSPS) is 16.2. The maximum atomic E-state index is 5.51. The van der Waals surface area contributed by atoms with Gasteiger partial charge in [0.25, 0.3) is 0 Å². The van der Waals surface area contributed by atoms with Crippen LogP contribution in [0.1, 0.15) is 18.7 Å². The highest BCUT2D eigenvalue weighted by atomic mass is 16.4. The second kappa shape index (κ2) is 6.68. The molecule has 0 radical (unpaired) electrons. The largest absolute Gasteiger partial charge is 0.421 e. The Hall–Kier alpha value is -2.67. The lowest BCUT2D eigenvalue weighted by Gasteiger charge is -2.29. The van der Waals surface area contributed by atoms with Gasteiger partial charge in [0, 0.05) is 30.8 Å². The Morgan fingerprint density at radius 3 is 2.76 bits per heavy atom. The van der Waals surface area contributed by atoms with E-state index < -0.39 is 0 Å². The minimum Gasteiger partial charge on any atom is -0.421 e. The predicted octanol–water partition coefficient (Wildman–Crippen LogP) is 2.74. The van der Waals surface area contributed by atoms with Crippen molar-refractivity contribution in [3.05, 3.63) is 42.4 Å². The zero-order chi connectivity index (χ0) is 17.2. The molecule has 0 bridgehead atoms. The van der Waals surface area contributed by atoms with Crippen LogP contribution in [0.25, 0.3) is 17.1 Å². The summed E-state index contributed by atoms with van der Waals surface area (Å²) in [5, 5.41) is 16.2. The first kappa shape index (κ1) is 15.8. The Morgan fingerprint density at radius 1 is 1.16 bits per heavy atom. The minimum atomic E-state index is 0.493. The minimum absolute atomic E-state index is 0.493. The van der Waals surface area contributed by atoms with Crippen molar-refractivity contribution in [2.45, 2.75) is 25.8 Å². The Morgan fingerprint density at radius 2 is 2.00 bits per heavy atom. The summed E-state index contributed by atoms with van der Waals surface area (Å²) in [5.74, 6) is 1.99. The molecule has 0 spiro atoms. The van der Waals surface area contributed by atoms with E-state index in [-0.39, 0.29) is 0 Å². The summed E-state index contributed by atoms with van der Waals surface area (Å²) >= 11 is 0. The summed E-state index contributed by atoms with van der Waals surface area (Å²) in [6.07, 6.45) is 4.26. The van der Waals surface area contributed by atoms with E-state index in [0.29, 0.717) is 17.8 Å². The smallest absolute Gasteiger partial charge is 0.247 e. The number of nitrogens with one attached hydrogen (secondary N) is 1. The van der Waals surface area contributed by atoms with Crippen molar-refractivity contribution in [3.8, 4) is 17.1 Å². The van der Waals surface area contributed by atoms with Gasteiger partial charge >= 0.3 is 0 Å². The highest BCUT2D eigenvalue weighted by molar-refractivity contribution is 5.57. The predicted molar refractivity (Wildman–Crippen MR) is 95.7 cm³/mol. The molecular weight excluding hydrogens is 316 g/mol. The average molecular weight is 338 g/mol. The lowest BCUT2D eigenvalue weighted by molar-refractivity contribution is 0.263. The van der Waals surface area contributed by atoms with Crippen LogP contribution < -0.4 is 5.32 Å². The summed E-state index contributed by atoms with van der Waals surface area (Å²) < 4.78 is 7.37. The quantitative estimate of drug-likeness (QED) is 0.789. The molecule has 0 atom stereocenters. The van der Waals surface area contributed by atoms with Gasteiger partial charge in [-0.2, -0.15) is 5.10 Å². The van der Waals surface area contributed by atoms with Crippen LogP contribution in [0.5, 0.6) is 0 Å². The highest BCUT2D eigenvalue weighted by Crippen LogP contribution is 2.21. The monoisotopic (exact) mass is 338 g/mol. The fraction of sp³-hybridized carbons (Fsp3) is 0.389. The molecule has 1 N–H and O–H groups in total. The van der Waals surface area contributed by atoms with Crippen molar-refractivity contribution in [2.24, 2.45) is 0 Å². The van der Waals surface area contributed by atoms with E-state index in [1.54, 1.807) is 6.92 Å². The van der Waals surface area contributed by atoms with Crippen LogP contribution in [0, 0.1) is 6.92 Å². The Labute approximate surface area is 146 Å². The third-order valence-electron chi connectivity index (χ3n) is 4.54. The van der Waals surface area contributed by atoms with Gasteiger partial charge in [-0.1, -0.05) is 6.07 Å². The zero-order valence-corrected chi connectivity index (χ0v) is 14.5. The van der Waals surface area contributed by atoms with Crippen molar-refractivity contribution in [3.63, 3.8) is 0 Å². The molecule has 3 aromatic rings. The van der Waals surface area contributed by atoms with Crippen LogP contribution in [-0.4, -0.2) is 51.1 Å². The highest BCUT2D eigenvalue weighted by Gasteiger charge is 2.17. The number of likely N-dealkylation sites (tertiary alicyclic amines) is 1. The van der Waals surface area contributed by atoms with Crippen LogP contribution in [-0.2, 0) is 0 Å². The maximum Gasteiger partial charge on any atom is 0.247 e. The number of hydrogen-bond donors (Lipinski definition) is 1. The van der Waals surface area contributed by atoms with E-state index in [4.69, 9.17) is 4.42 Å². The van der Waals surface area contributed by atoms with Gasteiger partial charge in [-0.05, 0) is 51.2 Å². The van der Waals surface area contributed by atoms with Gasteiger partial charge in [0.1, 0.15) is 5.82 Å². The van der Waals surface area contributed by atoms with Gasteiger partial charge in [0.05, 0.1) is 5.69 Å². The molecule has 1 aliphatic rings. The van der Waals surface area contributed by atoms with Gasteiger partial charge in [-0.25, -0.2) is 4.68 Å². The average Bonchev–Trinajstić information content (AvgIpc) is 3.26. The molecule has 1 saturated heterocycles. The topological polar surface area (TPSA) is 72.0 Å². The summed E-state index contributed by atoms with van der Waals surface area (Å²) in [6, 6.07) is 10.4. The van der Waals surface area contributed by atoms with Crippen LogP contribution in [0.3, 0.4) is 0 Å². The van der Waals surface area contributed by atoms with Crippen LogP contribution in [0.4, 0.5) is 5.82 Å². The van der Waals surface area contributed by atoms with Crippen LogP contribution in [0.15, 0.2) is 40.9 Å². The van der Waals surface area contributed by atoms with E-state index in [0.717, 1.165) is 43.0 Å². The number of hydrogen-bond acceptors (Lipinski definition) is 6. The van der Waals surface area contributed by atoms with Crippen molar-refractivity contribution < 1.29 is 4.42 Å². The maximum absolute atomic E-state index is 5.51. The second-order valence-corrected chi connectivity index (χ2v) is 6.54. The molecule has 4 rings (SSSR count). The first-order valence-electron chi connectivity index (χ1n) is 8.59. The van der Waals surface area contributed by atoms with E-state index in [1.165, 1.54) is 0 Å². The summed E-state index contributed by atoms with van der Waals surface area (Å²) in [6.45, 7) is 4.04. The number of rotatable bonds is 4. The van der Waals surface area contributed by atoms with Crippen LogP contribution >= 0.6 is 0 Å². The van der Waals surface area contributed by atoms with Crippen molar-refractivity contribution in [1.82, 2.24) is 24.9 Å². The first-order chi connectivity index (χ1) is 12.2. The van der Waals surface area contributed by atoms with Gasteiger partial charge in [-0.3, -0.25) is 0 Å². The molecule has 0 unspecified atom stereocenters. The number of nitrogens with zero attached hydrogens (tertiary/aromatic N) is 5. The number of piperidine rings is 1. The fourth-order valence-electron chi connectivity index (χ4n) is 3.10. The Bertz CT molecular complexity index is 847. The third kappa shape index (κ3) is 3.56. The van der Waals surface area contributed by atoms with Gasteiger partial charge < -0.3 is 14.6 Å². The fourth-order valence-corrected chi connectivity index (χ4v) is 3.10. The second-order valence-electron chi connectivity index (χ2n) is 6.54. The molecular formula is C18H22N6O. The molecule has 7 nitrogen and oxygen atoms in total. The molecule has 0 amide bonds. The third-order valence-corrected chi connectivity index (χ3v) is 4.54. The summed E-state index contributed by atoms with van der Waals surface area (Å²) in [5.41, 5.74) is 1.85. The molecule has 7 heteroatoms. The molecule has 1 aromatic carbocycles. The standard InChI is InChI=1S/C18H22N6O/c1-13-20-21-18(25-13)14-4-3-5-16(12-14)24-11-8-17(22-24)19-15-6-9-23(2)10-7-15/h3-5,8,11-12,15H,6-7,9-10H2,1-2H3,(H,19,22). The molecule has 0 aliphatic carbocycles. The lowest BCUT2D eigenvalue weighted by atomic mass is 10.1. The lowest BCUT2D eigenvalue weighted by Crippen LogP contribution is -2.36. The van der Waals surface area contributed by atoms with E-state index in [1.807, 2.05) is 41.2 Å². The van der Waals surface area contributed by atoms with Crippen molar-refractivity contribution in [1.29, 1.82) is 0 Å². The van der Waals surface area contributed by atoms with Gasteiger partial charge in [-0.15, -0.1) is 10.2 Å². The number of anilines is 1. The molecule has 2 aromatic heterocycles. The zero-order valence-electron chi connectivity index (χ0n) is 14.5. The SMILES string of the molecule is Cc1nnc(-c2cccc(-n3ccc(NC4CCN(C)CC4)n3)c2)o1. The number of benzene rings is 1. The molecule has 1 fully saturated rings. The van der Waals surface area contributed by atoms with Crippen LogP contribution in [0.2, 0.25) is 0 Å². The van der Waals surface area contributed by atoms with Gasteiger partial charge in [0.2, 0.25) is 11.8 Å². The number of aromatic nitrogens is 4. The Balaban J connectivity index is 1.50. The van der Waals surface area contributed by atoms with Crippen molar-refractivity contribution in [2.75, 3.05) is 25.5 Å². The molecule has 0 saturated carbocycles. The Kier molecular flexibility index (Phi) is 4.23. The first-order valence-corrected chi connectivity index (χ1v) is 8.59. The van der Waals surface area contributed by atoms with Crippen molar-refractivity contribution >= 4 is 5.82 Å². The number of aryl methyl sites for hydroxylation is 1.